The SMILES string of the molecule is COc1ccc(S(=O)(=O)Nc2ccc(C(=O)N3CCC[C@H](C(=O)NCC(C)C)C3)cc2)cc1. The van der Waals surface area contributed by atoms with E-state index in [1.165, 1.54) is 19.2 Å². The first kappa shape index (κ1) is 24.6. The summed E-state index contributed by atoms with van der Waals surface area (Å²) in [4.78, 5) is 27.2. The Bertz CT molecular complexity index is 1070. The Morgan fingerprint density at radius 1 is 1.09 bits per heavy atom. The highest BCUT2D eigenvalue weighted by Crippen LogP contribution is 2.22. The number of amides is 2. The van der Waals surface area contributed by atoms with E-state index in [0.717, 1.165) is 12.8 Å². The summed E-state index contributed by atoms with van der Waals surface area (Å²) >= 11 is 0. The Morgan fingerprint density at radius 3 is 2.36 bits per heavy atom. The molecule has 9 heteroatoms. The number of nitrogens with one attached hydrogen (secondary N) is 2. The second kappa shape index (κ2) is 10.7. The van der Waals surface area contributed by atoms with Crippen molar-refractivity contribution in [2.45, 2.75) is 31.6 Å². The first-order chi connectivity index (χ1) is 15.7. The number of hydrogen-bond acceptors (Lipinski definition) is 5. The summed E-state index contributed by atoms with van der Waals surface area (Å²) < 4.78 is 32.8. The van der Waals surface area contributed by atoms with Crippen molar-refractivity contribution < 1.29 is 22.7 Å². The summed E-state index contributed by atoms with van der Waals surface area (Å²) in [6, 6.07) is 12.4. The van der Waals surface area contributed by atoms with Crippen molar-refractivity contribution in [3.63, 3.8) is 0 Å². The summed E-state index contributed by atoms with van der Waals surface area (Å²) in [5.41, 5.74) is 0.803. The summed E-state index contributed by atoms with van der Waals surface area (Å²) in [5.74, 6) is 0.549. The Hall–Kier alpha value is -3.07. The highest BCUT2D eigenvalue weighted by Gasteiger charge is 2.29. The molecule has 8 nitrogen and oxygen atoms in total. The molecule has 0 aliphatic carbocycles. The molecule has 33 heavy (non-hydrogen) atoms. The van der Waals surface area contributed by atoms with Crippen LogP contribution in [0, 0.1) is 11.8 Å². The van der Waals surface area contributed by atoms with Crippen LogP contribution in [0.15, 0.2) is 53.4 Å². The Morgan fingerprint density at radius 2 is 1.76 bits per heavy atom. The average molecular weight is 474 g/mol. The van der Waals surface area contributed by atoms with Gasteiger partial charge in [0.25, 0.3) is 15.9 Å². The largest absolute Gasteiger partial charge is 0.497 e. The molecule has 0 saturated carbocycles. The molecule has 1 heterocycles. The molecule has 2 aromatic rings. The molecule has 0 spiro atoms. The van der Waals surface area contributed by atoms with E-state index in [1.54, 1.807) is 41.3 Å². The van der Waals surface area contributed by atoms with Crippen molar-refractivity contribution in [3.05, 3.63) is 54.1 Å². The maximum Gasteiger partial charge on any atom is 0.261 e. The van der Waals surface area contributed by atoms with Gasteiger partial charge in [-0.05, 0) is 67.3 Å². The number of rotatable bonds is 8. The van der Waals surface area contributed by atoms with Crippen molar-refractivity contribution in [1.82, 2.24) is 10.2 Å². The van der Waals surface area contributed by atoms with Crippen LogP contribution >= 0.6 is 0 Å². The lowest BCUT2D eigenvalue weighted by Crippen LogP contribution is -2.46. The standard InChI is InChI=1S/C24H31N3O5S/c1-17(2)15-25-23(28)19-5-4-14-27(16-19)24(29)18-6-8-20(9-7-18)26-33(30,31)22-12-10-21(32-3)11-13-22/h6-13,17,19,26H,4-5,14-16H2,1-3H3,(H,25,28)/t19-/m0/s1. The first-order valence-electron chi connectivity index (χ1n) is 11.0. The molecule has 178 valence electrons. The number of likely N-dealkylation sites (tertiary alicyclic amines) is 1. The van der Waals surface area contributed by atoms with Crippen molar-refractivity contribution in [3.8, 4) is 5.75 Å². The van der Waals surface area contributed by atoms with Gasteiger partial charge < -0.3 is 15.0 Å². The van der Waals surface area contributed by atoms with E-state index in [9.17, 15) is 18.0 Å². The van der Waals surface area contributed by atoms with Gasteiger partial charge >= 0.3 is 0 Å². The number of piperidine rings is 1. The minimum atomic E-state index is -3.77. The van der Waals surface area contributed by atoms with E-state index in [2.05, 4.69) is 10.0 Å². The fourth-order valence-electron chi connectivity index (χ4n) is 3.66. The molecule has 1 aliphatic rings. The molecule has 2 aromatic carbocycles. The number of ether oxygens (including phenoxy) is 1. The molecule has 1 atom stereocenters. The molecule has 0 aromatic heterocycles. The monoisotopic (exact) mass is 473 g/mol. The van der Waals surface area contributed by atoms with Crippen molar-refractivity contribution in [1.29, 1.82) is 0 Å². The van der Waals surface area contributed by atoms with Gasteiger partial charge in [0.05, 0.1) is 17.9 Å². The van der Waals surface area contributed by atoms with Gasteiger partial charge in [0, 0.05) is 30.9 Å². The van der Waals surface area contributed by atoms with Crippen LogP contribution in [0.5, 0.6) is 5.75 Å². The third-order valence-corrected chi connectivity index (χ3v) is 6.91. The molecule has 2 N–H and O–H groups in total. The highest BCUT2D eigenvalue weighted by atomic mass is 32.2. The molecular formula is C24H31N3O5S. The van der Waals surface area contributed by atoms with Gasteiger partial charge in [0.1, 0.15) is 5.75 Å². The van der Waals surface area contributed by atoms with Gasteiger partial charge in [-0.2, -0.15) is 0 Å². The zero-order valence-electron chi connectivity index (χ0n) is 19.2. The number of benzene rings is 2. The van der Waals surface area contributed by atoms with Crippen LogP contribution in [-0.2, 0) is 14.8 Å². The van der Waals surface area contributed by atoms with E-state index in [1.807, 2.05) is 13.8 Å². The zero-order valence-corrected chi connectivity index (χ0v) is 20.0. The Balaban J connectivity index is 1.63. The van der Waals surface area contributed by atoms with Gasteiger partial charge in [-0.3, -0.25) is 14.3 Å². The normalized spacial score (nSPS) is 16.4. The molecular weight excluding hydrogens is 442 g/mol. The van der Waals surface area contributed by atoms with Gasteiger partial charge in [0.15, 0.2) is 0 Å². The smallest absolute Gasteiger partial charge is 0.261 e. The third-order valence-electron chi connectivity index (χ3n) is 5.52. The predicted octanol–water partition coefficient (Wildman–Crippen LogP) is 3.12. The van der Waals surface area contributed by atoms with Crippen molar-refractivity contribution in [2.24, 2.45) is 11.8 Å². The van der Waals surface area contributed by atoms with Gasteiger partial charge in [-0.1, -0.05) is 13.8 Å². The lowest BCUT2D eigenvalue weighted by molar-refractivity contribution is -0.126. The van der Waals surface area contributed by atoms with E-state index >= 15 is 0 Å². The summed E-state index contributed by atoms with van der Waals surface area (Å²) in [6.45, 7) is 5.68. The van der Waals surface area contributed by atoms with Crippen LogP contribution in [0.25, 0.3) is 0 Å². The van der Waals surface area contributed by atoms with Crippen LogP contribution in [0.2, 0.25) is 0 Å². The molecule has 2 amide bonds. The molecule has 0 radical (unpaired) electrons. The second-order valence-electron chi connectivity index (χ2n) is 8.59. The number of hydrogen-bond donors (Lipinski definition) is 2. The molecule has 1 aliphatic heterocycles. The minimum absolute atomic E-state index is 0.00973. The lowest BCUT2D eigenvalue weighted by atomic mass is 9.96. The fourth-order valence-corrected chi connectivity index (χ4v) is 4.72. The molecule has 1 saturated heterocycles. The molecule has 0 unspecified atom stereocenters. The molecule has 1 fully saturated rings. The first-order valence-corrected chi connectivity index (χ1v) is 12.5. The topological polar surface area (TPSA) is 105 Å². The Labute approximate surface area is 195 Å². The maximum absolute atomic E-state index is 13.0. The van der Waals surface area contributed by atoms with Crippen LogP contribution in [0.1, 0.15) is 37.0 Å². The van der Waals surface area contributed by atoms with E-state index in [0.29, 0.717) is 42.6 Å². The maximum atomic E-state index is 13.0. The van der Waals surface area contributed by atoms with Gasteiger partial charge in [0.2, 0.25) is 5.91 Å². The molecule has 3 rings (SSSR count). The van der Waals surface area contributed by atoms with Gasteiger partial charge in [-0.15, -0.1) is 0 Å². The third kappa shape index (κ3) is 6.47. The predicted molar refractivity (Wildman–Crippen MR) is 127 cm³/mol. The Kier molecular flexibility index (Phi) is 7.97. The minimum Gasteiger partial charge on any atom is -0.497 e. The van der Waals surface area contributed by atoms with Crippen molar-refractivity contribution >= 4 is 27.5 Å². The fraction of sp³-hybridized carbons (Fsp3) is 0.417. The van der Waals surface area contributed by atoms with E-state index in [4.69, 9.17) is 4.74 Å². The number of nitrogens with zero attached hydrogens (tertiary/aromatic N) is 1. The number of sulfonamides is 1. The summed E-state index contributed by atoms with van der Waals surface area (Å²) in [5, 5.41) is 2.95. The lowest BCUT2D eigenvalue weighted by Gasteiger charge is -2.32. The average Bonchev–Trinajstić information content (AvgIpc) is 2.82. The van der Waals surface area contributed by atoms with Crippen molar-refractivity contribution in [2.75, 3.05) is 31.5 Å². The number of anilines is 1. The summed E-state index contributed by atoms with van der Waals surface area (Å²) in [6.07, 6.45) is 1.53. The second-order valence-corrected chi connectivity index (χ2v) is 10.3. The van der Waals surface area contributed by atoms with E-state index in [-0.39, 0.29) is 22.6 Å². The van der Waals surface area contributed by atoms with E-state index < -0.39 is 10.0 Å². The number of methoxy groups -OCH3 is 1. The zero-order chi connectivity index (χ0) is 24.0. The quantitative estimate of drug-likeness (QED) is 0.613. The van der Waals surface area contributed by atoms with Crippen LogP contribution in [-0.4, -0.2) is 51.9 Å². The number of carbonyl (C=O) groups is 2. The summed E-state index contributed by atoms with van der Waals surface area (Å²) in [7, 11) is -2.26. The number of carbonyl (C=O) groups excluding carboxylic acids is 2. The van der Waals surface area contributed by atoms with Gasteiger partial charge in [-0.25, -0.2) is 8.42 Å². The van der Waals surface area contributed by atoms with Crippen LogP contribution in [0.4, 0.5) is 5.69 Å². The highest BCUT2D eigenvalue weighted by molar-refractivity contribution is 7.92. The molecule has 0 bridgehead atoms. The van der Waals surface area contributed by atoms with Crippen LogP contribution in [0.3, 0.4) is 0 Å². The van der Waals surface area contributed by atoms with Crippen LogP contribution < -0.4 is 14.8 Å².